The number of nitrogens with one attached hydrogen (secondary N) is 1. The SMILES string of the molecule is O=C(c1ccc2c(c1)CCC2)c1c[nH]c2ncccc12. The van der Waals surface area contributed by atoms with Crippen molar-refractivity contribution in [2.24, 2.45) is 0 Å². The Morgan fingerprint density at radius 1 is 1.15 bits per heavy atom. The molecule has 98 valence electrons. The van der Waals surface area contributed by atoms with Crippen molar-refractivity contribution in [3.63, 3.8) is 0 Å². The van der Waals surface area contributed by atoms with E-state index >= 15 is 0 Å². The highest BCUT2D eigenvalue weighted by atomic mass is 16.1. The first kappa shape index (κ1) is 11.4. The van der Waals surface area contributed by atoms with Gasteiger partial charge in [0.15, 0.2) is 5.78 Å². The molecule has 0 unspecified atom stereocenters. The normalized spacial score (nSPS) is 13.6. The molecule has 3 nitrogen and oxygen atoms in total. The third-order valence-corrected chi connectivity index (χ3v) is 4.06. The molecule has 0 bridgehead atoms. The van der Waals surface area contributed by atoms with E-state index in [1.54, 1.807) is 12.4 Å². The Kier molecular flexibility index (Phi) is 2.46. The average Bonchev–Trinajstić information content (AvgIpc) is 3.12. The molecule has 0 atom stereocenters. The lowest BCUT2D eigenvalue weighted by atomic mass is 9.99. The van der Waals surface area contributed by atoms with Crippen LogP contribution < -0.4 is 0 Å². The van der Waals surface area contributed by atoms with E-state index in [4.69, 9.17) is 0 Å². The Hall–Kier alpha value is -2.42. The van der Waals surface area contributed by atoms with Crippen LogP contribution >= 0.6 is 0 Å². The van der Waals surface area contributed by atoms with Gasteiger partial charge in [-0.2, -0.15) is 0 Å². The third kappa shape index (κ3) is 1.67. The van der Waals surface area contributed by atoms with Crippen molar-refractivity contribution in [1.29, 1.82) is 0 Å². The third-order valence-electron chi connectivity index (χ3n) is 4.06. The highest BCUT2D eigenvalue weighted by Crippen LogP contribution is 2.25. The van der Waals surface area contributed by atoms with Crippen molar-refractivity contribution < 1.29 is 4.79 Å². The number of pyridine rings is 1. The van der Waals surface area contributed by atoms with Gasteiger partial charge >= 0.3 is 0 Å². The first-order chi connectivity index (χ1) is 9.83. The van der Waals surface area contributed by atoms with E-state index in [1.807, 2.05) is 18.2 Å². The molecule has 3 heteroatoms. The molecule has 2 heterocycles. The van der Waals surface area contributed by atoms with Gasteiger partial charge in [-0.15, -0.1) is 0 Å². The number of nitrogens with zero attached hydrogens (tertiary/aromatic N) is 1. The maximum absolute atomic E-state index is 12.7. The fraction of sp³-hybridized carbons (Fsp3) is 0.176. The number of benzene rings is 1. The minimum Gasteiger partial charge on any atom is -0.345 e. The molecule has 0 saturated carbocycles. The van der Waals surface area contributed by atoms with Crippen LogP contribution in [0.3, 0.4) is 0 Å². The fourth-order valence-electron chi connectivity index (χ4n) is 3.01. The second-order valence-corrected chi connectivity index (χ2v) is 5.27. The van der Waals surface area contributed by atoms with Crippen LogP contribution in [0.15, 0.2) is 42.7 Å². The van der Waals surface area contributed by atoms with Gasteiger partial charge in [0.05, 0.1) is 0 Å². The zero-order valence-corrected chi connectivity index (χ0v) is 11.0. The molecule has 0 spiro atoms. The summed E-state index contributed by atoms with van der Waals surface area (Å²) in [7, 11) is 0. The van der Waals surface area contributed by atoms with E-state index in [9.17, 15) is 4.79 Å². The van der Waals surface area contributed by atoms with Gasteiger partial charge in [0, 0.05) is 28.9 Å². The van der Waals surface area contributed by atoms with Gasteiger partial charge in [0.2, 0.25) is 0 Å². The molecular formula is C17H14N2O. The van der Waals surface area contributed by atoms with E-state index in [0.717, 1.165) is 29.4 Å². The largest absolute Gasteiger partial charge is 0.345 e. The summed E-state index contributed by atoms with van der Waals surface area (Å²) in [6, 6.07) is 9.89. The number of hydrogen-bond donors (Lipinski definition) is 1. The Balaban J connectivity index is 1.80. The van der Waals surface area contributed by atoms with Gasteiger partial charge in [0.1, 0.15) is 5.65 Å². The van der Waals surface area contributed by atoms with Gasteiger partial charge in [-0.1, -0.05) is 12.1 Å². The summed E-state index contributed by atoms with van der Waals surface area (Å²) in [5, 5.41) is 0.887. The van der Waals surface area contributed by atoms with Crippen LogP contribution in [-0.4, -0.2) is 15.8 Å². The summed E-state index contributed by atoms with van der Waals surface area (Å²) >= 11 is 0. The Labute approximate surface area is 116 Å². The molecule has 4 rings (SSSR count). The first-order valence-corrected chi connectivity index (χ1v) is 6.91. The molecule has 1 aromatic carbocycles. The van der Waals surface area contributed by atoms with Gasteiger partial charge in [-0.25, -0.2) is 4.98 Å². The summed E-state index contributed by atoms with van der Waals surface area (Å²) in [6.07, 6.45) is 6.91. The fourth-order valence-corrected chi connectivity index (χ4v) is 3.01. The van der Waals surface area contributed by atoms with Crippen LogP contribution in [0.25, 0.3) is 11.0 Å². The Morgan fingerprint density at radius 2 is 2.05 bits per heavy atom. The number of rotatable bonds is 2. The number of hydrogen-bond acceptors (Lipinski definition) is 2. The molecule has 20 heavy (non-hydrogen) atoms. The molecule has 0 fully saturated rings. The molecule has 1 aliphatic carbocycles. The molecule has 1 aliphatic rings. The van der Waals surface area contributed by atoms with Crippen molar-refractivity contribution in [2.45, 2.75) is 19.3 Å². The minimum absolute atomic E-state index is 0.0685. The summed E-state index contributed by atoms with van der Waals surface area (Å²) in [5.74, 6) is 0.0685. The molecular weight excluding hydrogens is 248 g/mol. The summed E-state index contributed by atoms with van der Waals surface area (Å²) in [6.45, 7) is 0. The molecule has 0 radical (unpaired) electrons. The van der Waals surface area contributed by atoms with Crippen LogP contribution in [0.1, 0.15) is 33.5 Å². The number of aryl methyl sites for hydroxylation is 2. The molecule has 0 amide bonds. The predicted molar refractivity (Wildman–Crippen MR) is 78.0 cm³/mol. The topological polar surface area (TPSA) is 45.8 Å². The van der Waals surface area contributed by atoms with Crippen LogP contribution in [0.5, 0.6) is 0 Å². The predicted octanol–water partition coefficient (Wildman–Crippen LogP) is 3.28. The number of carbonyl (C=O) groups excluding carboxylic acids is 1. The van der Waals surface area contributed by atoms with Gasteiger partial charge in [0.25, 0.3) is 0 Å². The van der Waals surface area contributed by atoms with Crippen molar-refractivity contribution in [3.05, 3.63) is 65.0 Å². The maximum Gasteiger partial charge on any atom is 0.195 e. The number of aromatic nitrogens is 2. The standard InChI is InChI=1S/C17H14N2O/c20-16(13-7-6-11-3-1-4-12(11)9-13)15-10-19-17-14(15)5-2-8-18-17/h2,5-10H,1,3-4H2,(H,18,19). The lowest BCUT2D eigenvalue weighted by Gasteiger charge is -2.03. The molecule has 0 aliphatic heterocycles. The molecule has 2 aromatic heterocycles. The summed E-state index contributed by atoms with van der Waals surface area (Å²) in [4.78, 5) is 20.0. The van der Waals surface area contributed by atoms with Crippen molar-refractivity contribution >= 4 is 16.8 Å². The van der Waals surface area contributed by atoms with E-state index in [-0.39, 0.29) is 5.78 Å². The number of carbonyl (C=O) groups is 1. The molecule has 1 N–H and O–H groups in total. The smallest absolute Gasteiger partial charge is 0.195 e. The first-order valence-electron chi connectivity index (χ1n) is 6.91. The van der Waals surface area contributed by atoms with Crippen LogP contribution in [-0.2, 0) is 12.8 Å². The number of fused-ring (bicyclic) bond motifs is 2. The van der Waals surface area contributed by atoms with E-state index < -0.39 is 0 Å². The van der Waals surface area contributed by atoms with E-state index in [2.05, 4.69) is 22.1 Å². The Morgan fingerprint density at radius 3 is 3.00 bits per heavy atom. The van der Waals surface area contributed by atoms with Gasteiger partial charge in [-0.3, -0.25) is 4.79 Å². The number of H-pyrrole nitrogens is 1. The van der Waals surface area contributed by atoms with Gasteiger partial charge in [-0.05, 0) is 48.6 Å². The average molecular weight is 262 g/mol. The second kappa shape index (κ2) is 4.30. The zero-order chi connectivity index (χ0) is 13.5. The quantitative estimate of drug-likeness (QED) is 0.720. The van der Waals surface area contributed by atoms with Crippen molar-refractivity contribution in [3.8, 4) is 0 Å². The second-order valence-electron chi connectivity index (χ2n) is 5.27. The van der Waals surface area contributed by atoms with Crippen molar-refractivity contribution in [2.75, 3.05) is 0 Å². The van der Waals surface area contributed by atoms with E-state index in [1.165, 1.54) is 17.5 Å². The highest BCUT2D eigenvalue weighted by molar-refractivity contribution is 6.16. The van der Waals surface area contributed by atoms with Crippen molar-refractivity contribution in [1.82, 2.24) is 9.97 Å². The number of ketones is 1. The molecule has 3 aromatic rings. The Bertz CT molecular complexity index is 817. The summed E-state index contributed by atoms with van der Waals surface area (Å²) in [5.41, 5.74) is 4.95. The van der Waals surface area contributed by atoms with Crippen LogP contribution in [0.2, 0.25) is 0 Å². The number of aromatic amines is 1. The maximum atomic E-state index is 12.7. The minimum atomic E-state index is 0.0685. The lowest BCUT2D eigenvalue weighted by molar-refractivity contribution is 0.104. The van der Waals surface area contributed by atoms with E-state index in [0.29, 0.717) is 5.56 Å². The van der Waals surface area contributed by atoms with Crippen LogP contribution in [0, 0.1) is 0 Å². The summed E-state index contributed by atoms with van der Waals surface area (Å²) < 4.78 is 0. The highest BCUT2D eigenvalue weighted by Gasteiger charge is 2.17. The zero-order valence-electron chi connectivity index (χ0n) is 11.0. The van der Waals surface area contributed by atoms with Gasteiger partial charge < -0.3 is 4.98 Å². The van der Waals surface area contributed by atoms with Crippen LogP contribution in [0.4, 0.5) is 0 Å². The lowest BCUT2D eigenvalue weighted by Crippen LogP contribution is -2.01. The monoisotopic (exact) mass is 262 g/mol. The molecule has 0 saturated heterocycles.